The largest absolute Gasteiger partial charge is 0.301 e. The fraction of sp³-hybridized carbons (Fsp3) is 0.444. The Bertz CT molecular complexity index is 756. The van der Waals surface area contributed by atoms with Crippen LogP contribution in [0, 0.1) is 18.6 Å². The summed E-state index contributed by atoms with van der Waals surface area (Å²) in [6.07, 6.45) is 1.37. The van der Waals surface area contributed by atoms with Crippen LogP contribution in [0.15, 0.2) is 28.2 Å². The monoisotopic (exact) mass is 352 g/mol. The van der Waals surface area contributed by atoms with Gasteiger partial charge in [0.05, 0.1) is 5.69 Å². The van der Waals surface area contributed by atoms with Crippen LogP contribution in [0.25, 0.3) is 0 Å². The average molecular weight is 352 g/mol. The van der Waals surface area contributed by atoms with Crippen molar-refractivity contribution in [2.75, 3.05) is 0 Å². The first-order chi connectivity index (χ1) is 11.4. The van der Waals surface area contributed by atoms with Crippen molar-refractivity contribution in [3.63, 3.8) is 0 Å². The van der Waals surface area contributed by atoms with Crippen molar-refractivity contribution in [3.8, 4) is 0 Å². The zero-order valence-corrected chi connectivity index (χ0v) is 15.1. The molecule has 2 atom stereocenters. The van der Waals surface area contributed by atoms with Gasteiger partial charge in [-0.05, 0) is 31.9 Å². The zero-order chi connectivity index (χ0) is 17.9. The third-order valence-corrected chi connectivity index (χ3v) is 5.29. The number of benzene rings is 1. The van der Waals surface area contributed by atoms with Crippen LogP contribution in [-0.4, -0.2) is 15.2 Å². The predicted molar refractivity (Wildman–Crippen MR) is 93.7 cm³/mol. The van der Waals surface area contributed by atoms with Crippen LogP contribution >= 0.6 is 11.8 Å². The molecule has 1 aromatic heterocycles. The van der Waals surface area contributed by atoms with Crippen LogP contribution < -0.4 is 5.56 Å². The van der Waals surface area contributed by atoms with Gasteiger partial charge in [0, 0.05) is 22.3 Å². The lowest BCUT2D eigenvalue weighted by Gasteiger charge is -2.19. The fourth-order valence-corrected chi connectivity index (χ4v) is 3.43. The molecule has 0 bridgehead atoms. The highest BCUT2D eigenvalue weighted by Crippen LogP contribution is 2.32. The summed E-state index contributed by atoms with van der Waals surface area (Å²) in [6, 6.07) is 3.81. The molecule has 0 saturated heterocycles. The number of rotatable bonds is 6. The van der Waals surface area contributed by atoms with Crippen LogP contribution in [0.3, 0.4) is 0 Å². The molecule has 3 nitrogen and oxygen atoms in total. The molecule has 0 aliphatic rings. The predicted octanol–water partition coefficient (Wildman–Crippen LogP) is 4.79. The number of aromatic amines is 1. The number of hydrogen-bond donors (Lipinski definition) is 1. The molecule has 0 spiro atoms. The number of hydrogen-bond acceptors (Lipinski definition) is 3. The molecule has 6 heteroatoms. The van der Waals surface area contributed by atoms with Crippen molar-refractivity contribution in [1.82, 2.24) is 9.97 Å². The minimum atomic E-state index is -0.612. The van der Waals surface area contributed by atoms with Gasteiger partial charge in [-0.25, -0.2) is 13.8 Å². The van der Waals surface area contributed by atoms with Crippen LogP contribution in [0.5, 0.6) is 0 Å². The van der Waals surface area contributed by atoms with Gasteiger partial charge in [0.2, 0.25) is 0 Å². The van der Waals surface area contributed by atoms with Gasteiger partial charge in [0.15, 0.2) is 5.16 Å². The van der Waals surface area contributed by atoms with Gasteiger partial charge >= 0.3 is 0 Å². The Morgan fingerprint density at radius 3 is 2.38 bits per heavy atom. The molecule has 0 amide bonds. The van der Waals surface area contributed by atoms with Gasteiger partial charge in [-0.15, -0.1) is 0 Å². The third kappa shape index (κ3) is 3.86. The molecule has 2 rings (SSSR count). The third-order valence-electron chi connectivity index (χ3n) is 4.14. The van der Waals surface area contributed by atoms with Crippen molar-refractivity contribution in [2.24, 2.45) is 0 Å². The molecule has 0 fully saturated rings. The minimum absolute atomic E-state index is 0.0271. The molecule has 0 saturated carbocycles. The number of nitrogens with one attached hydrogen (secondary N) is 1. The van der Waals surface area contributed by atoms with E-state index in [9.17, 15) is 13.6 Å². The van der Waals surface area contributed by atoms with Crippen LogP contribution in [-0.2, 0) is 0 Å². The van der Waals surface area contributed by atoms with Crippen molar-refractivity contribution in [3.05, 3.63) is 57.0 Å². The summed E-state index contributed by atoms with van der Waals surface area (Å²) in [5.41, 5.74) is 0.552. The highest BCUT2D eigenvalue weighted by atomic mass is 32.2. The van der Waals surface area contributed by atoms with E-state index in [1.165, 1.54) is 30.0 Å². The molecule has 1 N–H and O–H groups in total. The molecule has 1 aromatic carbocycles. The van der Waals surface area contributed by atoms with Crippen molar-refractivity contribution >= 4 is 11.8 Å². The molecule has 1 unspecified atom stereocenters. The summed E-state index contributed by atoms with van der Waals surface area (Å²) >= 11 is 1.46. The van der Waals surface area contributed by atoms with Gasteiger partial charge in [-0.2, -0.15) is 0 Å². The van der Waals surface area contributed by atoms with E-state index in [1.807, 2.05) is 13.8 Å². The Morgan fingerprint density at radius 1 is 1.21 bits per heavy atom. The van der Waals surface area contributed by atoms with E-state index in [0.717, 1.165) is 6.42 Å². The molecule has 1 heterocycles. The summed E-state index contributed by atoms with van der Waals surface area (Å²) in [7, 11) is 0. The van der Waals surface area contributed by atoms with Gasteiger partial charge in [-0.3, -0.25) is 4.79 Å². The summed E-state index contributed by atoms with van der Waals surface area (Å²) < 4.78 is 28.4. The Hall–Kier alpha value is -1.69. The lowest BCUT2D eigenvalue weighted by Crippen LogP contribution is -2.20. The number of H-pyrrole nitrogens is 1. The first kappa shape index (κ1) is 18.6. The molecular weight excluding hydrogens is 330 g/mol. The Morgan fingerprint density at radius 2 is 1.83 bits per heavy atom. The average Bonchev–Trinajstić information content (AvgIpc) is 2.54. The second-order valence-electron chi connectivity index (χ2n) is 5.81. The van der Waals surface area contributed by atoms with Crippen molar-refractivity contribution in [2.45, 2.75) is 56.9 Å². The summed E-state index contributed by atoms with van der Waals surface area (Å²) in [6.45, 7) is 7.56. The van der Waals surface area contributed by atoms with E-state index in [2.05, 4.69) is 16.9 Å². The molecule has 0 aliphatic heterocycles. The lowest BCUT2D eigenvalue weighted by molar-refractivity contribution is 0.530. The molecular formula is C18H22F2N2OS. The summed E-state index contributed by atoms with van der Waals surface area (Å²) in [5, 5.41) is 0.777. The lowest BCUT2D eigenvalue weighted by atomic mass is 9.90. The van der Waals surface area contributed by atoms with E-state index < -0.39 is 17.6 Å². The molecule has 0 aliphatic carbocycles. The van der Waals surface area contributed by atoms with E-state index in [-0.39, 0.29) is 16.4 Å². The molecule has 24 heavy (non-hydrogen) atoms. The SMILES string of the molecule is CCC(C)Sc1nc([C@H](CC)c2c(F)cccc2F)c(C)c(=O)[nH]1. The number of halogens is 2. The Balaban J connectivity index is 2.58. The summed E-state index contributed by atoms with van der Waals surface area (Å²) in [5.74, 6) is -1.82. The van der Waals surface area contributed by atoms with E-state index in [0.29, 0.717) is 22.8 Å². The quantitative estimate of drug-likeness (QED) is 0.601. The van der Waals surface area contributed by atoms with Gasteiger partial charge < -0.3 is 4.98 Å². The first-order valence-corrected chi connectivity index (χ1v) is 8.98. The minimum Gasteiger partial charge on any atom is -0.301 e. The van der Waals surface area contributed by atoms with Gasteiger partial charge in [-0.1, -0.05) is 38.6 Å². The Labute approximate surface area is 144 Å². The topological polar surface area (TPSA) is 45.8 Å². The normalized spacial score (nSPS) is 13.8. The smallest absolute Gasteiger partial charge is 0.254 e. The number of nitrogens with zero attached hydrogens (tertiary/aromatic N) is 1. The number of thioether (sulfide) groups is 1. The molecule has 0 radical (unpaired) electrons. The van der Waals surface area contributed by atoms with Crippen LogP contribution in [0.2, 0.25) is 0 Å². The van der Waals surface area contributed by atoms with Gasteiger partial charge in [0.25, 0.3) is 5.56 Å². The second-order valence-corrected chi connectivity index (χ2v) is 7.24. The highest BCUT2D eigenvalue weighted by molar-refractivity contribution is 7.99. The Kier molecular flexibility index (Phi) is 6.15. The molecule has 2 aromatic rings. The maximum absolute atomic E-state index is 14.2. The fourth-order valence-electron chi connectivity index (χ4n) is 2.58. The van der Waals surface area contributed by atoms with E-state index >= 15 is 0 Å². The van der Waals surface area contributed by atoms with E-state index in [4.69, 9.17) is 0 Å². The second kappa shape index (κ2) is 7.92. The summed E-state index contributed by atoms with van der Waals surface area (Å²) in [4.78, 5) is 19.5. The highest BCUT2D eigenvalue weighted by Gasteiger charge is 2.25. The molecule has 130 valence electrons. The maximum atomic E-state index is 14.2. The van der Waals surface area contributed by atoms with Crippen LogP contribution in [0.4, 0.5) is 8.78 Å². The van der Waals surface area contributed by atoms with Gasteiger partial charge in [0.1, 0.15) is 11.6 Å². The van der Waals surface area contributed by atoms with E-state index in [1.54, 1.807) is 6.92 Å². The zero-order valence-electron chi connectivity index (χ0n) is 14.3. The van der Waals surface area contributed by atoms with Crippen molar-refractivity contribution < 1.29 is 8.78 Å². The van der Waals surface area contributed by atoms with Crippen molar-refractivity contribution in [1.29, 1.82) is 0 Å². The first-order valence-electron chi connectivity index (χ1n) is 8.10. The standard InChI is InChI=1S/C18H22F2N2OS/c1-5-10(3)24-18-21-16(11(4)17(23)22-18)12(6-2)15-13(19)8-7-9-14(15)20/h7-10,12H,5-6H2,1-4H3,(H,21,22,23)/t10?,12-/m1/s1. The van der Waals surface area contributed by atoms with Crippen LogP contribution in [0.1, 0.15) is 56.4 Å². The maximum Gasteiger partial charge on any atom is 0.254 e. The number of aromatic nitrogens is 2.